The van der Waals surface area contributed by atoms with Crippen LogP contribution in [-0.2, 0) is 37.5 Å². The van der Waals surface area contributed by atoms with Crippen LogP contribution in [0.25, 0.3) is 0 Å². The van der Waals surface area contributed by atoms with Crippen molar-refractivity contribution in [2.75, 3.05) is 47.5 Å². The average Bonchev–Trinajstić information content (AvgIpc) is 3.49. The average molecular weight is 922 g/mol. The molecule has 7 atom stereocenters. The molecule has 1 aliphatic rings. The van der Waals surface area contributed by atoms with Gasteiger partial charge in [-0.25, -0.2) is 0 Å². The van der Waals surface area contributed by atoms with Crippen LogP contribution in [0.4, 0.5) is 0 Å². The van der Waals surface area contributed by atoms with E-state index in [9.17, 15) is 39.2 Å². The minimum absolute atomic E-state index is 0.0213. The molecule has 1 fully saturated rings. The van der Waals surface area contributed by atoms with Crippen LogP contribution in [0.3, 0.4) is 0 Å². The number of ether oxygens (including phenoxy) is 2. The van der Waals surface area contributed by atoms with Gasteiger partial charge < -0.3 is 43.2 Å². The minimum atomic E-state index is -4.74. The molecule has 0 radical (unpaired) electrons. The first-order chi connectivity index (χ1) is 30.6. The smallest absolute Gasteiger partial charge is 0.306 e. The summed E-state index contributed by atoms with van der Waals surface area (Å²) in [7, 11) is 0.906. The number of phosphoric acid groups is 1. The molecule has 1 saturated carbocycles. The highest BCUT2D eigenvalue weighted by atomic mass is 31.2. The van der Waals surface area contributed by atoms with Gasteiger partial charge in [-0.2, -0.15) is 0 Å². The summed E-state index contributed by atoms with van der Waals surface area (Å²) in [5.74, 6) is -2.24. The number of rotatable bonds is 38. The molecule has 3 N–H and O–H groups in total. The van der Waals surface area contributed by atoms with Gasteiger partial charge in [0.05, 0.1) is 46.1 Å². The van der Waals surface area contributed by atoms with Crippen molar-refractivity contribution < 1.29 is 62.2 Å². The van der Waals surface area contributed by atoms with Gasteiger partial charge in [0.1, 0.15) is 25.5 Å². The quantitative estimate of drug-likeness (QED) is 0.0176. The lowest BCUT2D eigenvalue weighted by molar-refractivity contribution is -0.870. The minimum Gasteiger partial charge on any atom is -0.756 e. The summed E-state index contributed by atoms with van der Waals surface area (Å²) in [5.41, 5.74) is 0. The number of unbranched alkanes of at least 4 members (excludes halogenated alkanes) is 6. The fourth-order valence-corrected chi connectivity index (χ4v) is 7.60. The largest absolute Gasteiger partial charge is 0.756 e. The molecule has 0 aliphatic heterocycles. The van der Waals surface area contributed by atoms with E-state index in [1.54, 1.807) is 12.2 Å². The van der Waals surface area contributed by atoms with Crippen LogP contribution >= 0.6 is 7.82 Å². The van der Waals surface area contributed by atoms with E-state index < -0.39 is 69.2 Å². The number of quaternary nitrogens is 1. The third kappa shape index (κ3) is 32.6. The summed E-state index contributed by atoms with van der Waals surface area (Å²) < 4.78 is 33.7. The van der Waals surface area contributed by atoms with Crippen molar-refractivity contribution in [2.24, 2.45) is 11.8 Å². The number of esters is 2. The number of carbonyl (C=O) groups excluding carboxylic acids is 3. The maximum absolute atomic E-state index is 12.9. The van der Waals surface area contributed by atoms with Gasteiger partial charge in [-0.15, -0.1) is 0 Å². The molecule has 13 nitrogen and oxygen atoms in total. The summed E-state index contributed by atoms with van der Waals surface area (Å²) in [6.07, 6.45) is 34.4. The van der Waals surface area contributed by atoms with Gasteiger partial charge >= 0.3 is 11.9 Å². The van der Waals surface area contributed by atoms with Crippen LogP contribution in [-0.4, -0.2) is 109 Å². The Kier molecular flexibility index (Phi) is 33.3. The predicted molar refractivity (Wildman–Crippen MR) is 252 cm³/mol. The van der Waals surface area contributed by atoms with Crippen molar-refractivity contribution in [3.8, 4) is 0 Å². The van der Waals surface area contributed by atoms with Crippen molar-refractivity contribution in [3.63, 3.8) is 0 Å². The molecule has 0 aromatic heterocycles. The van der Waals surface area contributed by atoms with Gasteiger partial charge in [-0.05, 0) is 64.2 Å². The third-order valence-electron chi connectivity index (χ3n) is 10.7. The van der Waals surface area contributed by atoms with Gasteiger partial charge in [0, 0.05) is 43.9 Å². The maximum atomic E-state index is 12.9. The molecule has 0 aromatic rings. The molecule has 0 heterocycles. The second kappa shape index (κ2) is 36.2. The number of hydrogen-bond acceptors (Lipinski definition) is 12. The second-order valence-electron chi connectivity index (χ2n) is 17.7. The van der Waals surface area contributed by atoms with Crippen LogP contribution in [0.2, 0.25) is 0 Å². The molecule has 366 valence electrons. The summed E-state index contributed by atoms with van der Waals surface area (Å²) in [6, 6.07) is 0. The summed E-state index contributed by atoms with van der Waals surface area (Å²) >= 11 is 0. The third-order valence-corrected chi connectivity index (χ3v) is 11.7. The number of hydrogen-bond donors (Lipinski definition) is 3. The van der Waals surface area contributed by atoms with Gasteiger partial charge in [0.15, 0.2) is 6.10 Å². The van der Waals surface area contributed by atoms with E-state index in [0.29, 0.717) is 43.1 Å². The molecule has 64 heavy (non-hydrogen) atoms. The van der Waals surface area contributed by atoms with Crippen LogP contribution < -0.4 is 4.89 Å². The first-order valence-corrected chi connectivity index (χ1v) is 25.3. The van der Waals surface area contributed by atoms with Crippen molar-refractivity contribution in [1.29, 1.82) is 0 Å². The standard InChI is InChI=1S/C50H84NO12P/c1-6-8-10-11-12-13-14-15-16-17-18-19-20-21-22-23-24-25-27-33-50(57)63-44(41-62-64(58,59)61-37-36-51(3,4)5)40-60-49(56)32-29-28-31-43(53)38-46-45(47(54)39-48(46)55)35-34-42(52)30-26-9-7-2/h12-13,15-16,18-19,21-22,24-25,34-35,42,44-48,52,54-55H,6-11,14,17,20,23,26-33,36-41H2,1-5H3/b13-12-,16-15-,19-18-,22-21-,25-24-,35-34+/t42-,44+,45+,46+,47+,48-/m0/s1. The van der Waals surface area contributed by atoms with Crippen molar-refractivity contribution in [1.82, 2.24) is 0 Å². The Balaban J connectivity index is 2.55. The number of likely N-dealkylation sites (N-methyl/N-ethyl adjacent to an activating group) is 1. The van der Waals surface area contributed by atoms with Gasteiger partial charge in [-0.3, -0.25) is 18.9 Å². The molecule has 1 aliphatic carbocycles. The Labute approximate surface area is 385 Å². The first kappa shape index (κ1) is 59.0. The first-order valence-electron chi connectivity index (χ1n) is 23.8. The topological polar surface area (TPSA) is 189 Å². The zero-order chi connectivity index (χ0) is 47.5. The van der Waals surface area contributed by atoms with Crippen molar-refractivity contribution in [2.45, 2.75) is 167 Å². The lowest BCUT2D eigenvalue weighted by atomic mass is 9.87. The Hall–Kier alpha value is -3.00. The maximum Gasteiger partial charge on any atom is 0.306 e. The van der Waals surface area contributed by atoms with E-state index in [1.165, 1.54) is 19.3 Å². The zero-order valence-corrected chi connectivity index (χ0v) is 40.7. The predicted octanol–water partition coefficient (Wildman–Crippen LogP) is 8.73. The number of aliphatic hydroxyl groups excluding tert-OH is 3. The zero-order valence-electron chi connectivity index (χ0n) is 39.8. The fourth-order valence-electron chi connectivity index (χ4n) is 6.87. The van der Waals surface area contributed by atoms with Crippen molar-refractivity contribution in [3.05, 3.63) is 72.9 Å². The highest BCUT2D eigenvalue weighted by Crippen LogP contribution is 2.39. The Morgan fingerprint density at radius 2 is 1.30 bits per heavy atom. The number of phosphoric ester groups is 1. The Morgan fingerprint density at radius 3 is 1.91 bits per heavy atom. The van der Waals surface area contributed by atoms with E-state index >= 15 is 0 Å². The summed E-state index contributed by atoms with van der Waals surface area (Å²) in [4.78, 5) is 50.7. The highest BCUT2D eigenvalue weighted by Gasteiger charge is 2.41. The molecular formula is C50H84NO12P. The monoisotopic (exact) mass is 922 g/mol. The normalized spacial score (nSPS) is 20.4. The molecular weight excluding hydrogens is 838 g/mol. The number of allylic oxidation sites excluding steroid dienone is 10. The van der Waals surface area contributed by atoms with Crippen LogP contribution in [0.1, 0.15) is 142 Å². The summed E-state index contributed by atoms with van der Waals surface area (Å²) in [5, 5.41) is 31.4. The van der Waals surface area contributed by atoms with E-state index in [-0.39, 0.29) is 44.5 Å². The number of carbonyl (C=O) groups is 3. The highest BCUT2D eigenvalue weighted by molar-refractivity contribution is 7.45. The number of ketones is 1. The molecule has 1 rings (SSSR count). The SMILES string of the molecule is CCCCC/C=C\C/C=C\C/C=C\C/C=C\C/C=C\CCC(=O)O[C@H](COC(=O)CCCCC(=O)C[C@@H]1[C@@H](/C=C/[C@@H](O)CCCCC)[C@H](O)C[C@@H]1O)COP(=O)([O-])OCC[N+](C)(C)C. The van der Waals surface area contributed by atoms with Gasteiger partial charge in [0.2, 0.25) is 0 Å². The van der Waals surface area contributed by atoms with Gasteiger partial charge in [-0.1, -0.05) is 119 Å². The molecule has 0 saturated heterocycles. The van der Waals surface area contributed by atoms with E-state index in [2.05, 4.69) is 56.4 Å². The number of aliphatic hydroxyl groups is 3. The molecule has 0 amide bonds. The molecule has 1 unspecified atom stereocenters. The molecule has 0 aromatic carbocycles. The Bertz CT molecular complexity index is 1500. The molecule has 14 heteroatoms. The van der Waals surface area contributed by atoms with Gasteiger partial charge in [0.25, 0.3) is 7.82 Å². The second-order valence-corrected chi connectivity index (χ2v) is 19.1. The lowest BCUT2D eigenvalue weighted by Crippen LogP contribution is -2.37. The van der Waals surface area contributed by atoms with Crippen LogP contribution in [0.15, 0.2) is 72.9 Å². The van der Waals surface area contributed by atoms with Crippen LogP contribution in [0.5, 0.6) is 0 Å². The molecule has 0 bridgehead atoms. The molecule has 0 spiro atoms. The lowest BCUT2D eigenvalue weighted by Gasteiger charge is -2.28. The Morgan fingerprint density at radius 1 is 0.719 bits per heavy atom. The van der Waals surface area contributed by atoms with Crippen LogP contribution in [0, 0.1) is 11.8 Å². The number of nitrogens with zero attached hydrogens (tertiary/aromatic N) is 1. The van der Waals surface area contributed by atoms with E-state index in [0.717, 1.165) is 44.9 Å². The van der Waals surface area contributed by atoms with E-state index in [1.807, 2.05) is 39.4 Å². The summed E-state index contributed by atoms with van der Waals surface area (Å²) in [6.45, 7) is 3.56. The van der Waals surface area contributed by atoms with Crippen molar-refractivity contribution >= 4 is 25.5 Å². The van der Waals surface area contributed by atoms with E-state index in [4.69, 9.17) is 18.5 Å². The number of Topliss-reactive ketones (excluding diaryl/α,β-unsaturated/α-hetero) is 1. The fraction of sp³-hybridized carbons (Fsp3) is 0.700.